The number of aromatic nitrogens is 2. The highest BCUT2D eigenvalue weighted by Gasteiger charge is 2.11. The molecule has 0 fully saturated rings. The zero-order valence-electron chi connectivity index (χ0n) is 9.70. The Hall–Kier alpha value is -0.820. The van der Waals surface area contributed by atoms with Crippen LogP contribution >= 0.6 is 27.7 Å². The Bertz CT molecular complexity index is 390. The lowest BCUT2D eigenvalue weighted by Gasteiger charge is -2.08. The lowest BCUT2D eigenvalue weighted by molar-refractivity contribution is -0.139. The number of nitrogens with zero attached hydrogens (tertiary/aromatic N) is 2. The fraction of sp³-hybridized carbons (Fsp3) is 0.500. The molecule has 1 N–H and O–H groups in total. The van der Waals surface area contributed by atoms with Crippen LogP contribution in [-0.2, 0) is 9.53 Å². The standard InChI is InChI=1S/C10H14BrN3O2S/c1-3-12-9-8(11)10(14-6-13-9)17-5-7(15)16-4-2/h6H,3-5H2,1-2H3,(H,12,13,14). The number of anilines is 1. The highest BCUT2D eigenvalue weighted by Crippen LogP contribution is 2.29. The SMILES string of the molecule is CCNc1ncnc(SCC(=O)OCC)c1Br. The first kappa shape index (κ1) is 14.2. The third-order valence-electron chi connectivity index (χ3n) is 1.73. The van der Waals surface area contributed by atoms with E-state index in [1.807, 2.05) is 6.92 Å². The van der Waals surface area contributed by atoms with Crippen LogP contribution in [0.5, 0.6) is 0 Å². The summed E-state index contributed by atoms with van der Waals surface area (Å²) in [5.74, 6) is 0.733. The minimum absolute atomic E-state index is 0.243. The number of nitrogens with one attached hydrogen (secondary N) is 1. The molecule has 0 spiro atoms. The molecular weight excluding hydrogens is 306 g/mol. The van der Waals surface area contributed by atoms with Gasteiger partial charge in [0.25, 0.3) is 0 Å². The summed E-state index contributed by atoms with van der Waals surface area (Å²) < 4.78 is 5.62. The predicted molar refractivity (Wildman–Crippen MR) is 71.3 cm³/mol. The van der Waals surface area contributed by atoms with Gasteiger partial charge in [0.2, 0.25) is 0 Å². The molecule has 0 saturated carbocycles. The number of esters is 1. The van der Waals surface area contributed by atoms with E-state index in [0.717, 1.165) is 21.9 Å². The number of carbonyl (C=O) groups excluding carboxylic acids is 1. The molecule has 0 bridgehead atoms. The number of carbonyl (C=O) groups is 1. The van der Waals surface area contributed by atoms with Crippen LogP contribution < -0.4 is 5.32 Å². The van der Waals surface area contributed by atoms with E-state index >= 15 is 0 Å². The Morgan fingerprint density at radius 1 is 1.53 bits per heavy atom. The van der Waals surface area contributed by atoms with E-state index < -0.39 is 0 Å². The topological polar surface area (TPSA) is 64.1 Å². The van der Waals surface area contributed by atoms with Gasteiger partial charge in [0, 0.05) is 6.54 Å². The molecule has 0 unspecified atom stereocenters. The average Bonchev–Trinajstić information content (AvgIpc) is 2.31. The highest BCUT2D eigenvalue weighted by molar-refractivity contribution is 9.10. The van der Waals surface area contributed by atoms with Gasteiger partial charge in [0.1, 0.15) is 17.2 Å². The Morgan fingerprint density at radius 3 is 2.94 bits per heavy atom. The summed E-state index contributed by atoms with van der Waals surface area (Å²) in [6.45, 7) is 4.94. The van der Waals surface area contributed by atoms with Crippen molar-refractivity contribution in [1.82, 2.24) is 9.97 Å². The van der Waals surface area contributed by atoms with Crippen molar-refractivity contribution in [2.24, 2.45) is 0 Å². The zero-order valence-corrected chi connectivity index (χ0v) is 12.1. The van der Waals surface area contributed by atoms with Crippen LogP contribution in [0, 0.1) is 0 Å². The molecule has 7 heteroatoms. The maximum Gasteiger partial charge on any atom is 0.316 e. The Labute approximate surface area is 113 Å². The zero-order chi connectivity index (χ0) is 12.7. The summed E-state index contributed by atoms with van der Waals surface area (Å²) >= 11 is 4.73. The second kappa shape index (κ2) is 7.50. The number of rotatable bonds is 6. The number of hydrogen-bond acceptors (Lipinski definition) is 6. The minimum atomic E-state index is -0.243. The van der Waals surface area contributed by atoms with E-state index in [-0.39, 0.29) is 11.7 Å². The van der Waals surface area contributed by atoms with Crippen LogP contribution in [-0.4, -0.2) is 34.8 Å². The maximum atomic E-state index is 11.2. The number of hydrogen-bond donors (Lipinski definition) is 1. The van der Waals surface area contributed by atoms with Crippen molar-refractivity contribution in [3.63, 3.8) is 0 Å². The molecule has 1 aromatic heterocycles. The molecule has 0 aromatic carbocycles. The minimum Gasteiger partial charge on any atom is -0.465 e. The normalized spacial score (nSPS) is 10.1. The molecule has 0 saturated heterocycles. The van der Waals surface area contributed by atoms with Gasteiger partial charge in [-0.05, 0) is 29.8 Å². The molecule has 0 aliphatic rings. The predicted octanol–water partition coefficient (Wildman–Crippen LogP) is 2.33. The van der Waals surface area contributed by atoms with Crippen molar-refractivity contribution in [2.75, 3.05) is 24.2 Å². The largest absolute Gasteiger partial charge is 0.465 e. The van der Waals surface area contributed by atoms with Gasteiger partial charge in [0.15, 0.2) is 0 Å². The van der Waals surface area contributed by atoms with Gasteiger partial charge in [-0.25, -0.2) is 9.97 Å². The molecule has 1 aromatic rings. The van der Waals surface area contributed by atoms with Crippen molar-refractivity contribution in [1.29, 1.82) is 0 Å². The molecule has 17 heavy (non-hydrogen) atoms. The van der Waals surface area contributed by atoms with Crippen LogP contribution in [0.15, 0.2) is 15.8 Å². The van der Waals surface area contributed by atoms with Gasteiger partial charge in [-0.1, -0.05) is 11.8 Å². The van der Waals surface area contributed by atoms with Gasteiger partial charge in [0.05, 0.1) is 16.8 Å². The van der Waals surface area contributed by atoms with Gasteiger partial charge >= 0.3 is 5.97 Å². The van der Waals surface area contributed by atoms with Crippen molar-refractivity contribution in [3.8, 4) is 0 Å². The Balaban J connectivity index is 2.64. The van der Waals surface area contributed by atoms with Crippen molar-refractivity contribution >= 4 is 39.5 Å². The summed E-state index contributed by atoms with van der Waals surface area (Å²) in [6, 6.07) is 0. The van der Waals surface area contributed by atoms with Crippen LogP contribution in [0.2, 0.25) is 0 Å². The monoisotopic (exact) mass is 319 g/mol. The second-order valence-corrected chi connectivity index (χ2v) is 4.72. The summed E-state index contributed by atoms with van der Waals surface area (Å²) in [5.41, 5.74) is 0. The molecule has 5 nitrogen and oxygen atoms in total. The number of ether oxygens (including phenoxy) is 1. The first-order valence-electron chi connectivity index (χ1n) is 5.21. The van der Waals surface area contributed by atoms with E-state index in [2.05, 4.69) is 31.2 Å². The lowest BCUT2D eigenvalue weighted by Crippen LogP contribution is -2.07. The molecule has 1 rings (SSSR count). The summed E-state index contributed by atoms with van der Waals surface area (Å²) in [5, 5.41) is 3.83. The first-order valence-corrected chi connectivity index (χ1v) is 6.99. The van der Waals surface area contributed by atoms with Crippen LogP contribution in [0.4, 0.5) is 5.82 Å². The van der Waals surface area contributed by atoms with E-state index in [1.165, 1.54) is 18.1 Å². The Kier molecular flexibility index (Phi) is 6.28. The first-order chi connectivity index (χ1) is 8.19. The summed E-state index contributed by atoms with van der Waals surface area (Å²) in [6.07, 6.45) is 1.47. The van der Waals surface area contributed by atoms with E-state index in [4.69, 9.17) is 4.74 Å². The third kappa shape index (κ3) is 4.51. The van der Waals surface area contributed by atoms with Gasteiger partial charge in [-0.15, -0.1) is 0 Å². The lowest BCUT2D eigenvalue weighted by atomic mass is 10.5. The van der Waals surface area contributed by atoms with E-state index in [0.29, 0.717) is 6.61 Å². The second-order valence-electron chi connectivity index (χ2n) is 2.97. The van der Waals surface area contributed by atoms with E-state index in [9.17, 15) is 4.79 Å². The van der Waals surface area contributed by atoms with Gasteiger partial charge in [-0.2, -0.15) is 0 Å². The third-order valence-corrected chi connectivity index (χ3v) is 3.71. The van der Waals surface area contributed by atoms with Gasteiger partial charge in [-0.3, -0.25) is 4.79 Å². The summed E-state index contributed by atoms with van der Waals surface area (Å²) in [4.78, 5) is 19.4. The quantitative estimate of drug-likeness (QED) is 0.493. The van der Waals surface area contributed by atoms with Crippen LogP contribution in [0.25, 0.3) is 0 Å². The maximum absolute atomic E-state index is 11.2. The Morgan fingerprint density at radius 2 is 2.29 bits per heavy atom. The molecule has 1 heterocycles. The fourth-order valence-corrected chi connectivity index (χ4v) is 2.45. The van der Waals surface area contributed by atoms with Gasteiger partial charge < -0.3 is 10.1 Å². The smallest absolute Gasteiger partial charge is 0.316 e. The molecule has 94 valence electrons. The molecular formula is C10H14BrN3O2S. The fourth-order valence-electron chi connectivity index (χ4n) is 1.07. The molecule has 0 aliphatic heterocycles. The van der Waals surface area contributed by atoms with Crippen molar-refractivity contribution in [2.45, 2.75) is 18.9 Å². The highest BCUT2D eigenvalue weighted by atomic mass is 79.9. The summed E-state index contributed by atoms with van der Waals surface area (Å²) in [7, 11) is 0. The number of halogens is 1. The van der Waals surface area contributed by atoms with Crippen LogP contribution in [0.3, 0.4) is 0 Å². The molecule has 0 aliphatic carbocycles. The molecule has 0 amide bonds. The van der Waals surface area contributed by atoms with Crippen molar-refractivity contribution in [3.05, 3.63) is 10.8 Å². The number of thioether (sulfide) groups is 1. The average molecular weight is 320 g/mol. The van der Waals surface area contributed by atoms with E-state index in [1.54, 1.807) is 6.92 Å². The molecule has 0 radical (unpaired) electrons. The van der Waals surface area contributed by atoms with Crippen LogP contribution in [0.1, 0.15) is 13.8 Å². The molecule has 0 atom stereocenters. The van der Waals surface area contributed by atoms with Crippen molar-refractivity contribution < 1.29 is 9.53 Å².